The van der Waals surface area contributed by atoms with Gasteiger partial charge in [0.1, 0.15) is 5.65 Å². The number of pyridine rings is 1. The first-order chi connectivity index (χ1) is 17.4. The van der Waals surface area contributed by atoms with E-state index >= 15 is 0 Å². The lowest BCUT2D eigenvalue weighted by molar-refractivity contribution is -0.193. The highest BCUT2D eigenvalue weighted by molar-refractivity contribution is 5.94. The number of benzene rings is 1. The number of amides is 1. The van der Waals surface area contributed by atoms with Gasteiger partial charge in [0.15, 0.2) is 0 Å². The second-order valence-corrected chi connectivity index (χ2v) is 6.94. The third-order valence-corrected chi connectivity index (χ3v) is 4.03. The van der Waals surface area contributed by atoms with Gasteiger partial charge in [0.05, 0.1) is 12.1 Å². The van der Waals surface area contributed by atoms with Crippen LogP contribution in [0.5, 0.6) is 0 Å². The Morgan fingerprint density at radius 2 is 1.34 bits per heavy atom. The lowest BCUT2D eigenvalue weighted by atomic mass is 10.1. The van der Waals surface area contributed by atoms with E-state index in [2.05, 4.69) is 10.3 Å². The topological polar surface area (TPSA) is 184 Å². The molecule has 0 spiro atoms. The number of nitrogens with two attached hydrogens (primary N) is 1. The molecule has 0 radical (unpaired) electrons. The molecule has 0 aliphatic rings. The molecule has 2 heterocycles. The largest absolute Gasteiger partial charge is 0.490 e. The van der Waals surface area contributed by atoms with Gasteiger partial charge in [0, 0.05) is 35.8 Å². The second kappa shape index (κ2) is 12.9. The first kappa shape index (κ1) is 31.2. The molecular weight excluding hydrogens is 534 g/mol. The average molecular weight is 552 g/mol. The van der Waals surface area contributed by atoms with Crippen molar-refractivity contribution in [2.24, 2.45) is 0 Å². The number of hydrogen-bond acceptors (Lipinski definition) is 6. The standard InChI is InChI=1S/C17H16N4O3.2C2HF3O2/c18-13-5-6-15-20-14(10-21(15)9-13)11-1-3-12(4-2-11)17(24)19-8-7-16(22)23;2*3-2(4,5)1(6)7/h1-6,9-10H,7-8,18H2,(H,19,24)(H,22,23);2*(H,6,7). The summed E-state index contributed by atoms with van der Waals surface area (Å²) in [7, 11) is 0. The van der Waals surface area contributed by atoms with Gasteiger partial charge in [-0.05, 0) is 24.3 Å². The summed E-state index contributed by atoms with van der Waals surface area (Å²) in [5, 5.41) is 25.4. The number of nitrogens with zero attached hydrogens (tertiary/aromatic N) is 2. The number of nitrogen functional groups attached to an aromatic ring is 1. The SMILES string of the molecule is Nc1ccc2nc(-c3ccc(C(=O)NCCC(=O)O)cc3)cn2c1.O=C(O)C(F)(F)F.O=C(O)C(F)(F)F. The molecule has 0 saturated carbocycles. The summed E-state index contributed by atoms with van der Waals surface area (Å²) in [6, 6.07) is 10.6. The number of carbonyl (C=O) groups excluding carboxylic acids is 1. The first-order valence-corrected chi connectivity index (χ1v) is 9.86. The van der Waals surface area contributed by atoms with Crippen molar-refractivity contribution in [3.63, 3.8) is 0 Å². The van der Waals surface area contributed by atoms with Crippen LogP contribution in [0.2, 0.25) is 0 Å². The predicted molar refractivity (Wildman–Crippen MR) is 117 cm³/mol. The van der Waals surface area contributed by atoms with Gasteiger partial charge < -0.3 is 30.8 Å². The van der Waals surface area contributed by atoms with E-state index in [1.54, 1.807) is 36.5 Å². The fraction of sp³-hybridized carbons (Fsp3) is 0.190. The minimum absolute atomic E-state index is 0.101. The van der Waals surface area contributed by atoms with Crippen LogP contribution in [0.4, 0.5) is 32.0 Å². The van der Waals surface area contributed by atoms with Crippen LogP contribution in [-0.4, -0.2) is 67.4 Å². The van der Waals surface area contributed by atoms with E-state index in [4.69, 9.17) is 30.6 Å². The number of nitrogens with one attached hydrogen (secondary N) is 1. The summed E-state index contributed by atoms with van der Waals surface area (Å²) in [6.07, 6.45) is -6.61. The number of carboxylic acids is 3. The van der Waals surface area contributed by atoms with Crippen LogP contribution >= 0.6 is 0 Å². The Bertz CT molecular complexity index is 1260. The molecule has 0 fully saturated rings. The maximum atomic E-state index is 11.9. The zero-order valence-electron chi connectivity index (χ0n) is 18.7. The fourth-order valence-electron chi connectivity index (χ4n) is 2.33. The van der Waals surface area contributed by atoms with Crippen LogP contribution in [0, 0.1) is 0 Å². The van der Waals surface area contributed by atoms with Crippen LogP contribution in [0.1, 0.15) is 16.8 Å². The molecule has 0 aliphatic heterocycles. The molecule has 3 aromatic rings. The minimum Gasteiger partial charge on any atom is -0.481 e. The summed E-state index contributed by atoms with van der Waals surface area (Å²) in [6.45, 7) is 0.101. The fourth-order valence-corrected chi connectivity index (χ4v) is 2.33. The first-order valence-electron chi connectivity index (χ1n) is 9.86. The maximum absolute atomic E-state index is 11.9. The van der Waals surface area contributed by atoms with Gasteiger partial charge in [-0.1, -0.05) is 12.1 Å². The average Bonchev–Trinajstić information content (AvgIpc) is 3.21. The Balaban J connectivity index is 0.000000426. The van der Waals surface area contributed by atoms with Crippen LogP contribution in [0.3, 0.4) is 0 Å². The number of carboxylic acid groups (broad SMARTS) is 3. The molecule has 17 heteroatoms. The highest BCUT2D eigenvalue weighted by Gasteiger charge is 2.38. The number of anilines is 1. The highest BCUT2D eigenvalue weighted by Crippen LogP contribution is 2.20. The van der Waals surface area contributed by atoms with Crippen LogP contribution in [0.25, 0.3) is 16.9 Å². The lowest BCUT2D eigenvalue weighted by Crippen LogP contribution is -2.25. The third-order valence-electron chi connectivity index (χ3n) is 4.03. The van der Waals surface area contributed by atoms with Crippen molar-refractivity contribution in [3.05, 3.63) is 54.4 Å². The van der Waals surface area contributed by atoms with E-state index < -0.39 is 30.3 Å². The van der Waals surface area contributed by atoms with Crippen LogP contribution < -0.4 is 11.1 Å². The second-order valence-electron chi connectivity index (χ2n) is 6.94. The van der Waals surface area contributed by atoms with Gasteiger partial charge in [0.2, 0.25) is 0 Å². The van der Waals surface area contributed by atoms with E-state index in [-0.39, 0.29) is 18.9 Å². The van der Waals surface area contributed by atoms with Crippen molar-refractivity contribution in [2.75, 3.05) is 12.3 Å². The van der Waals surface area contributed by atoms with Crippen molar-refractivity contribution in [3.8, 4) is 11.3 Å². The number of fused-ring (bicyclic) bond motifs is 1. The van der Waals surface area contributed by atoms with Crippen LogP contribution in [0.15, 0.2) is 48.8 Å². The van der Waals surface area contributed by atoms with Crippen molar-refractivity contribution in [2.45, 2.75) is 18.8 Å². The molecule has 2 aromatic heterocycles. The molecule has 6 N–H and O–H groups in total. The zero-order valence-corrected chi connectivity index (χ0v) is 18.7. The molecule has 0 unspecified atom stereocenters. The summed E-state index contributed by atoms with van der Waals surface area (Å²) in [5.74, 6) is -6.76. The summed E-state index contributed by atoms with van der Waals surface area (Å²) in [5.41, 5.74) is 9.31. The van der Waals surface area contributed by atoms with E-state index in [1.165, 1.54) is 0 Å². The van der Waals surface area contributed by atoms with E-state index in [0.29, 0.717) is 11.3 Å². The molecule has 38 heavy (non-hydrogen) atoms. The van der Waals surface area contributed by atoms with Crippen molar-refractivity contribution in [1.29, 1.82) is 0 Å². The van der Waals surface area contributed by atoms with Gasteiger partial charge >= 0.3 is 30.3 Å². The lowest BCUT2D eigenvalue weighted by Gasteiger charge is -2.04. The zero-order chi connectivity index (χ0) is 29.3. The molecule has 3 rings (SSSR count). The molecule has 206 valence electrons. The molecule has 0 atom stereocenters. The van der Waals surface area contributed by atoms with Gasteiger partial charge in [-0.25, -0.2) is 14.6 Å². The van der Waals surface area contributed by atoms with Crippen molar-refractivity contribution in [1.82, 2.24) is 14.7 Å². The Labute approximate surface area is 208 Å². The number of aliphatic carboxylic acids is 3. The molecule has 1 aromatic carbocycles. The minimum atomic E-state index is -5.08. The van der Waals surface area contributed by atoms with Gasteiger partial charge in [-0.2, -0.15) is 26.3 Å². The smallest absolute Gasteiger partial charge is 0.481 e. The summed E-state index contributed by atoms with van der Waals surface area (Å²) in [4.78, 5) is 44.7. The molecular formula is C21H18F6N4O7. The quantitative estimate of drug-likeness (QED) is 0.297. The predicted octanol–water partition coefficient (Wildman–Crippen LogP) is 3.05. The number of hydrogen-bond donors (Lipinski definition) is 5. The third kappa shape index (κ3) is 10.4. The summed E-state index contributed by atoms with van der Waals surface area (Å²) < 4.78 is 65.3. The van der Waals surface area contributed by atoms with Gasteiger partial charge in [0.25, 0.3) is 5.91 Å². The number of halogens is 6. The molecule has 1 amide bonds. The number of alkyl halides is 6. The van der Waals surface area contributed by atoms with Crippen LogP contribution in [-0.2, 0) is 14.4 Å². The normalized spacial score (nSPS) is 10.9. The molecule has 0 bridgehead atoms. The molecule has 11 nitrogen and oxygen atoms in total. The van der Waals surface area contributed by atoms with Crippen molar-refractivity contribution >= 4 is 35.1 Å². The van der Waals surface area contributed by atoms with E-state index in [1.807, 2.05) is 16.7 Å². The Morgan fingerprint density at radius 1 is 0.842 bits per heavy atom. The maximum Gasteiger partial charge on any atom is 0.490 e. The number of rotatable bonds is 5. The monoisotopic (exact) mass is 552 g/mol. The van der Waals surface area contributed by atoms with Gasteiger partial charge in [-0.15, -0.1) is 0 Å². The van der Waals surface area contributed by atoms with Crippen molar-refractivity contribution < 1.29 is 60.8 Å². The number of imidazole rings is 1. The molecule has 0 aliphatic carbocycles. The Hall–Kier alpha value is -4.83. The molecule has 0 saturated heterocycles. The number of aromatic nitrogens is 2. The summed E-state index contributed by atoms with van der Waals surface area (Å²) >= 11 is 0. The highest BCUT2D eigenvalue weighted by atomic mass is 19.4. The van der Waals surface area contributed by atoms with Gasteiger partial charge in [-0.3, -0.25) is 9.59 Å². The Morgan fingerprint density at radius 3 is 1.79 bits per heavy atom. The Kier molecular flexibility index (Phi) is 10.6. The van der Waals surface area contributed by atoms with E-state index in [0.717, 1.165) is 16.9 Å². The number of carbonyl (C=O) groups is 4. The van der Waals surface area contributed by atoms with E-state index in [9.17, 15) is 35.9 Å².